The molecule has 0 aliphatic heterocycles. The lowest BCUT2D eigenvalue weighted by Crippen LogP contribution is -2.42. The zero-order valence-electron chi connectivity index (χ0n) is 7.62. The molecule has 1 unspecified atom stereocenters. The Labute approximate surface area is 81.7 Å². The minimum absolute atomic E-state index is 0.225. The van der Waals surface area contributed by atoms with Crippen LogP contribution in [0.1, 0.15) is 18.9 Å². The molecule has 0 aliphatic rings. The average molecular weight is 198 g/mol. The van der Waals surface area contributed by atoms with E-state index in [1.807, 2.05) is 23.8 Å². The lowest BCUT2D eigenvalue weighted by atomic mass is 9.92. The highest BCUT2D eigenvalue weighted by atomic mass is 32.1. The van der Waals surface area contributed by atoms with Crippen LogP contribution in [0.5, 0.6) is 0 Å². The summed E-state index contributed by atoms with van der Waals surface area (Å²) in [6.45, 7) is 1.84. The summed E-state index contributed by atoms with van der Waals surface area (Å²) in [6.07, 6.45) is 0.919. The van der Waals surface area contributed by atoms with Gasteiger partial charge in [0.15, 0.2) is 0 Å². The molecule has 3 nitrogen and oxygen atoms in total. The number of rotatable bonds is 4. The van der Waals surface area contributed by atoms with E-state index >= 15 is 0 Å². The molecule has 0 saturated carbocycles. The van der Waals surface area contributed by atoms with E-state index < -0.39 is 5.54 Å². The molecule has 1 atom stereocenters. The van der Waals surface area contributed by atoms with Crippen molar-refractivity contribution in [2.24, 2.45) is 11.5 Å². The smallest absolute Gasteiger partial charge is 0.219 e. The monoisotopic (exact) mass is 198 g/mol. The third-order valence-electron chi connectivity index (χ3n) is 1.77. The van der Waals surface area contributed by atoms with Crippen LogP contribution >= 0.6 is 11.3 Å². The highest BCUT2D eigenvalue weighted by Crippen LogP contribution is 2.16. The molecule has 4 N–H and O–H groups in total. The van der Waals surface area contributed by atoms with Gasteiger partial charge in [0.25, 0.3) is 0 Å². The number of hydrogen-bond acceptors (Lipinski definition) is 3. The molecule has 13 heavy (non-hydrogen) atoms. The van der Waals surface area contributed by atoms with Crippen molar-refractivity contribution in [2.45, 2.75) is 25.3 Å². The van der Waals surface area contributed by atoms with E-state index in [-0.39, 0.29) is 12.3 Å². The van der Waals surface area contributed by atoms with Crippen molar-refractivity contribution in [3.8, 4) is 0 Å². The lowest BCUT2D eigenvalue weighted by Gasteiger charge is -2.22. The van der Waals surface area contributed by atoms with E-state index in [0.29, 0.717) is 6.42 Å². The van der Waals surface area contributed by atoms with Gasteiger partial charge in [0, 0.05) is 12.0 Å². The summed E-state index contributed by atoms with van der Waals surface area (Å²) < 4.78 is 0. The van der Waals surface area contributed by atoms with Crippen LogP contribution in [-0.4, -0.2) is 11.4 Å². The number of nitrogens with two attached hydrogens (primary N) is 2. The quantitative estimate of drug-likeness (QED) is 0.754. The molecule has 1 heterocycles. The number of amides is 1. The van der Waals surface area contributed by atoms with Gasteiger partial charge in [-0.2, -0.15) is 11.3 Å². The highest BCUT2D eigenvalue weighted by molar-refractivity contribution is 7.07. The molecular formula is C9H14N2OS. The van der Waals surface area contributed by atoms with E-state index in [2.05, 4.69) is 0 Å². The molecule has 4 heteroatoms. The first kappa shape index (κ1) is 10.2. The fourth-order valence-corrected chi connectivity index (χ4v) is 1.99. The Bertz CT molecular complexity index is 280. The topological polar surface area (TPSA) is 69.1 Å². The van der Waals surface area contributed by atoms with Crippen LogP contribution in [0.3, 0.4) is 0 Å². The van der Waals surface area contributed by atoms with Gasteiger partial charge in [0.05, 0.1) is 0 Å². The van der Waals surface area contributed by atoms with E-state index in [4.69, 9.17) is 11.5 Å². The number of thiophene rings is 1. The van der Waals surface area contributed by atoms with E-state index in [1.54, 1.807) is 11.3 Å². The van der Waals surface area contributed by atoms with Crippen molar-refractivity contribution in [1.82, 2.24) is 0 Å². The predicted molar refractivity (Wildman–Crippen MR) is 54.4 cm³/mol. The van der Waals surface area contributed by atoms with Gasteiger partial charge in [-0.05, 0) is 35.7 Å². The number of carbonyl (C=O) groups is 1. The van der Waals surface area contributed by atoms with E-state index in [9.17, 15) is 4.79 Å². The summed E-state index contributed by atoms with van der Waals surface area (Å²) >= 11 is 1.63. The molecule has 0 spiro atoms. The third kappa shape index (κ3) is 3.57. The molecule has 0 aromatic carbocycles. The third-order valence-corrected chi connectivity index (χ3v) is 2.50. The SMILES string of the molecule is CC(N)(CC(N)=O)Cc1ccsc1. The summed E-state index contributed by atoms with van der Waals surface area (Å²) in [5.74, 6) is -0.347. The Morgan fingerprint density at radius 3 is 2.85 bits per heavy atom. The first-order valence-electron chi connectivity index (χ1n) is 4.08. The number of carbonyl (C=O) groups excluding carboxylic acids is 1. The summed E-state index contributed by atoms with van der Waals surface area (Å²) in [5.41, 5.74) is 11.6. The van der Waals surface area contributed by atoms with Gasteiger partial charge in [-0.25, -0.2) is 0 Å². The lowest BCUT2D eigenvalue weighted by molar-refractivity contribution is -0.119. The van der Waals surface area contributed by atoms with Crippen molar-refractivity contribution in [2.75, 3.05) is 0 Å². The van der Waals surface area contributed by atoms with Crippen LogP contribution in [0, 0.1) is 0 Å². The minimum atomic E-state index is -0.521. The van der Waals surface area contributed by atoms with Crippen molar-refractivity contribution < 1.29 is 4.79 Å². The predicted octanol–water partition coefficient (Wildman–Crippen LogP) is 0.883. The molecule has 0 aliphatic carbocycles. The Morgan fingerprint density at radius 1 is 1.69 bits per heavy atom. The maximum Gasteiger partial charge on any atom is 0.219 e. The fraction of sp³-hybridized carbons (Fsp3) is 0.444. The van der Waals surface area contributed by atoms with Crippen LogP contribution < -0.4 is 11.5 Å². The molecule has 72 valence electrons. The highest BCUT2D eigenvalue weighted by Gasteiger charge is 2.21. The van der Waals surface area contributed by atoms with Crippen LogP contribution in [-0.2, 0) is 11.2 Å². The average Bonchev–Trinajstić information content (AvgIpc) is 2.34. The van der Waals surface area contributed by atoms with Gasteiger partial charge in [0.2, 0.25) is 5.91 Å². The van der Waals surface area contributed by atoms with Gasteiger partial charge in [0.1, 0.15) is 0 Å². The molecule has 1 rings (SSSR count). The molecular weight excluding hydrogens is 184 g/mol. The van der Waals surface area contributed by atoms with Crippen LogP contribution in [0.4, 0.5) is 0 Å². The molecule has 0 radical (unpaired) electrons. The van der Waals surface area contributed by atoms with Crippen LogP contribution in [0.2, 0.25) is 0 Å². The van der Waals surface area contributed by atoms with Gasteiger partial charge >= 0.3 is 0 Å². The van der Waals surface area contributed by atoms with Crippen molar-refractivity contribution in [3.63, 3.8) is 0 Å². The summed E-state index contributed by atoms with van der Waals surface area (Å²) in [4.78, 5) is 10.7. The Morgan fingerprint density at radius 2 is 2.38 bits per heavy atom. The summed E-state index contributed by atoms with van der Waals surface area (Å²) in [6, 6.07) is 2.01. The van der Waals surface area contributed by atoms with Gasteiger partial charge in [-0.3, -0.25) is 4.79 Å². The van der Waals surface area contributed by atoms with Crippen molar-refractivity contribution in [3.05, 3.63) is 22.4 Å². The second kappa shape index (κ2) is 3.89. The normalized spacial score (nSPS) is 15.2. The van der Waals surface area contributed by atoms with E-state index in [1.165, 1.54) is 0 Å². The second-order valence-electron chi connectivity index (χ2n) is 3.61. The number of primary amides is 1. The molecule has 0 saturated heterocycles. The Kier molecular flexibility index (Phi) is 3.06. The van der Waals surface area contributed by atoms with Crippen molar-refractivity contribution >= 4 is 17.2 Å². The maximum atomic E-state index is 10.7. The largest absolute Gasteiger partial charge is 0.370 e. The van der Waals surface area contributed by atoms with Crippen LogP contribution in [0.25, 0.3) is 0 Å². The molecule has 1 amide bonds. The Hall–Kier alpha value is -0.870. The fourth-order valence-electron chi connectivity index (χ4n) is 1.32. The molecule has 1 aromatic rings. The Balaban J connectivity index is 2.56. The minimum Gasteiger partial charge on any atom is -0.370 e. The standard InChI is InChI=1S/C9H14N2OS/c1-9(11,5-8(10)12)4-7-2-3-13-6-7/h2-3,6H,4-5,11H2,1H3,(H2,10,12). The molecule has 0 bridgehead atoms. The first-order valence-corrected chi connectivity index (χ1v) is 5.02. The number of hydrogen-bond donors (Lipinski definition) is 2. The van der Waals surface area contributed by atoms with Crippen LogP contribution in [0.15, 0.2) is 16.8 Å². The maximum absolute atomic E-state index is 10.7. The second-order valence-corrected chi connectivity index (χ2v) is 4.39. The molecule has 0 fully saturated rings. The first-order chi connectivity index (χ1) is 5.99. The zero-order chi connectivity index (χ0) is 9.90. The van der Waals surface area contributed by atoms with Gasteiger partial charge in [-0.1, -0.05) is 0 Å². The summed E-state index contributed by atoms with van der Waals surface area (Å²) in [7, 11) is 0. The van der Waals surface area contributed by atoms with Gasteiger partial charge < -0.3 is 11.5 Å². The zero-order valence-corrected chi connectivity index (χ0v) is 8.43. The van der Waals surface area contributed by atoms with E-state index in [0.717, 1.165) is 5.56 Å². The van der Waals surface area contributed by atoms with Gasteiger partial charge in [-0.15, -0.1) is 0 Å². The molecule has 1 aromatic heterocycles. The summed E-state index contributed by atoms with van der Waals surface area (Å²) in [5, 5.41) is 4.03. The van der Waals surface area contributed by atoms with Crippen molar-refractivity contribution in [1.29, 1.82) is 0 Å².